The molecule has 2 unspecified atom stereocenters. The first-order valence-corrected chi connectivity index (χ1v) is 7.42. The molecule has 0 aromatic heterocycles. The maximum atomic E-state index is 13.2. The van der Waals surface area contributed by atoms with E-state index in [1.807, 2.05) is 0 Å². The third-order valence-corrected chi connectivity index (χ3v) is 3.82. The molecule has 2 N–H and O–H groups in total. The molecule has 0 spiro atoms. The van der Waals surface area contributed by atoms with E-state index in [2.05, 4.69) is 6.92 Å². The van der Waals surface area contributed by atoms with Crippen LogP contribution in [0.5, 0.6) is 5.75 Å². The fourth-order valence-electron chi connectivity index (χ4n) is 2.71. The predicted molar refractivity (Wildman–Crippen MR) is 75.7 cm³/mol. The van der Waals surface area contributed by atoms with Gasteiger partial charge in [0, 0.05) is 24.1 Å². The van der Waals surface area contributed by atoms with Gasteiger partial charge in [0.2, 0.25) is 0 Å². The van der Waals surface area contributed by atoms with Gasteiger partial charge in [-0.3, -0.25) is 0 Å². The molecule has 0 saturated carbocycles. The fraction of sp³-hybridized carbons (Fsp3) is 0.625. The minimum absolute atomic E-state index is 0.0232. The Balaban J connectivity index is 1.86. The zero-order valence-electron chi connectivity index (χ0n) is 11.7. The van der Waals surface area contributed by atoms with Crippen molar-refractivity contribution in [3.8, 4) is 5.75 Å². The van der Waals surface area contributed by atoms with Gasteiger partial charge in [-0.1, -0.05) is 38.7 Å². The maximum Gasteiger partial charge on any atom is 0.127 e. The van der Waals surface area contributed by atoms with Gasteiger partial charge in [-0.15, -0.1) is 0 Å². The molecule has 1 aromatic rings. The first-order valence-electron chi connectivity index (χ1n) is 7.42. The average molecular weight is 265 g/mol. The standard InChI is InChI=1S/C16H24FNO/c1-2-3-4-5-6-7-13-11-15(18)14-9-8-12(17)10-16(14)19-13/h8-10,13,15H,2-7,11,18H2,1H3. The Bertz CT molecular complexity index is 408. The number of ether oxygens (including phenoxy) is 1. The van der Waals surface area contributed by atoms with Crippen LogP contribution in [0.1, 0.15) is 63.5 Å². The minimum Gasteiger partial charge on any atom is -0.490 e. The zero-order valence-corrected chi connectivity index (χ0v) is 11.7. The largest absolute Gasteiger partial charge is 0.490 e. The van der Waals surface area contributed by atoms with Crippen LogP contribution in [-0.4, -0.2) is 6.10 Å². The molecule has 2 nitrogen and oxygen atoms in total. The summed E-state index contributed by atoms with van der Waals surface area (Å²) in [6, 6.07) is 4.63. The number of nitrogens with two attached hydrogens (primary N) is 1. The highest BCUT2D eigenvalue weighted by molar-refractivity contribution is 5.38. The van der Waals surface area contributed by atoms with E-state index in [1.165, 1.54) is 44.2 Å². The van der Waals surface area contributed by atoms with Gasteiger partial charge in [-0.05, 0) is 18.9 Å². The number of halogens is 1. The van der Waals surface area contributed by atoms with Crippen molar-refractivity contribution in [2.24, 2.45) is 5.73 Å². The molecule has 1 heterocycles. The van der Waals surface area contributed by atoms with Crippen molar-refractivity contribution in [3.63, 3.8) is 0 Å². The van der Waals surface area contributed by atoms with Crippen molar-refractivity contribution < 1.29 is 9.13 Å². The SMILES string of the molecule is CCCCCCCC1CC(N)c2ccc(F)cc2O1. The maximum absolute atomic E-state index is 13.2. The lowest BCUT2D eigenvalue weighted by Crippen LogP contribution is -2.29. The molecular formula is C16H24FNO. The van der Waals surface area contributed by atoms with Crippen molar-refractivity contribution in [1.82, 2.24) is 0 Å². The number of benzene rings is 1. The zero-order chi connectivity index (χ0) is 13.7. The molecule has 2 rings (SSSR count). The van der Waals surface area contributed by atoms with Crippen LogP contribution < -0.4 is 10.5 Å². The van der Waals surface area contributed by atoms with Gasteiger partial charge >= 0.3 is 0 Å². The summed E-state index contributed by atoms with van der Waals surface area (Å²) < 4.78 is 19.1. The molecule has 1 aliphatic rings. The molecule has 1 aliphatic heterocycles. The molecule has 19 heavy (non-hydrogen) atoms. The van der Waals surface area contributed by atoms with E-state index in [0.717, 1.165) is 18.4 Å². The smallest absolute Gasteiger partial charge is 0.127 e. The Kier molecular flexibility index (Phi) is 5.20. The normalized spacial score (nSPS) is 21.8. The van der Waals surface area contributed by atoms with E-state index in [-0.39, 0.29) is 18.0 Å². The van der Waals surface area contributed by atoms with Gasteiger partial charge in [-0.25, -0.2) is 4.39 Å². The number of rotatable bonds is 6. The quantitative estimate of drug-likeness (QED) is 0.777. The predicted octanol–water partition coefficient (Wildman–Crippen LogP) is 4.34. The molecule has 0 amide bonds. The van der Waals surface area contributed by atoms with E-state index in [4.69, 9.17) is 10.5 Å². The van der Waals surface area contributed by atoms with Gasteiger partial charge in [-0.2, -0.15) is 0 Å². The summed E-state index contributed by atoms with van der Waals surface area (Å²) in [5, 5.41) is 0. The third kappa shape index (κ3) is 3.93. The second kappa shape index (κ2) is 6.90. The third-order valence-electron chi connectivity index (χ3n) is 3.82. The van der Waals surface area contributed by atoms with Crippen LogP contribution in [-0.2, 0) is 0 Å². The van der Waals surface area contributed by atoms with Gasteiger partial charge in [0.15, 0.2) is 0 Å². The van der Waals surface area contributed by atoms with E-state index in [9.17, 15) is 4.39 Å². The molecule has 3 heteroatoms. The highest BCUT2D eigenvalue weighted by Gasteiger charge is 2.25. The van der Waals surface area contributed by atoms with Crippen molar-refractivity contribution in [2.75, 3.05) is 0 Å². The summed E-state index contributed by atoms with van der Waals surface area (Å²) in [4.78, 5) is 0. The monoisotopic (exact) mass is 265 g/mol. The summed E-state index contributed by atoms with van der Waals surface area (Å²) in [5.41, 5.74) is 7.07. The Morgan fingerprint density at radius 1 is 1.26 bits per heavy atom. The average Bonchev–Trinajstić information content (AvgIpc) is 2.38. The van der Waals surface area contributed by atoms with Gasteiger partial charge in [0.1, 0.15) is 17.7 Å². The Morgan fingerprint density at radius 3 is 2.84 bits per heavy atom. The molecule has 0 aliphatic carbocycles. The molecular weight excluding hydrogens is 241 g/mol. The van der Waals surface area contributed by atoms with Crippen LogP contribution in [0.3, 0.4) is 0 Å². The second-order valence-electron chi connectivity index (χ2n) is 5.47. The van der Waals surface area contributed by atoms with Gasteiger partial charge < -0.3 is 10.5 Å². The van der Waals surface area contributed by atoms with E-state index in [0.29, 0.717) is 5.75 Å². The molecule has 0 fully saturated rings. The van der Waals surface area contributed by atoms with Crippen molar-refractivity contribution in [3.05, 3.63) is 29.6 Å². The first kappa shape index (κ1) is 14.3. The topological polar surface area (TPSA) is 35.2 Å². The van der Waals surface area contributed by atoms with Crippen molar-refractivity contribution in [2.45, 2.75) is 64.0 Å². The van der Waals surface area contributed by atoms with Crippen LogP contribution in [0.25, 0.3) is 0 Å². The summed E-state index contributed by atoms with van der Waals surface area (Å²) in [5.74, 6) is 0.381. The van der Waals surface area contributed by atoms with E-state index >= 15 is 0 Å². The van der Waals surface area contributed by atoms with Crippen LogP contribution in [0.4, 0.5) is 4.39 Å². The lowest BCUT2D eigenvalue weighted by Gasteiger charge is -2.30. The highest BCUT2D eigenvalue weighted by Crippen LogP contribution is 2.35. The van der Waals surface area contributed by atoms with E-state index < -0.39 is 0 Å². The minimum atomic E-state index is -0.255. The molecule has 0 saturated heterocycles. The van der Waals surface area contributed by atoms with Crippen LogP contribution in [0, 0.1) is 5.82 Å². The highest BCUT2D eigenvalue weighted by atomic mass is 19.1. The molecule has 2 atom stereocenters. The Hall–Kier alpha value is -1.09. The number of hydrogen-bond acceptors (Lipinski definition) is 2. The fourth-order valence-corrected chi connectivity index (χ4v) is 2.71. The van der Waals surface area contributed by atoms with Crippen LogP contribution in [0.2, 0.25) is 0 Å². The van der Waals surface area contributed by atoms with Crippen LogP contribution in [0.15, 0.2) is 18.2 Å². The lowest BCUT2D eigenvalue weighted by atomic mass is 9.94. The van der Waals surface area contributed by atoms with Crippen LogP contribution >= 0.6 is 0 Å². The first-order chi connectivity index (χ1) is 9.20. The van der Waals surface area contributed by atoms with Gasteiger partial charge in [0.25, 0.3) is 0 Å². The summed E-state index contributed by atoms with van der Waals surface area (Å²) in [7, 11) is 0. The lowest BCUT2D eigenvalue weighted by molar-refractivity contribution is 0.146. The second-order valence-corrected chi connectivity index (χ2v) is 5.47. The number of unbranched alkanes of at least 4 members (excludes halogenated alkanes) is 4. The number of hydrogen-bond donors (Lipinski definition) is 1. The molecule has 0 bridgehead atoms. The molecule has 106 valence electrons. The molecule has 0 radical (unpaired) electrons. The Labute approximate surface area is 115 Å². The Morgan fingerprint density at radius 2 is 2.05 bits per heavy atom. The summed E-state index contributed by atoms with van der Waals surface area (Å²) in [6.45, 7) is 2.22. The summed E-state index contributed by atoms with van der Waals surface area (Å²) in [6.07, 6.45) is 8.28. The summed E-state index contributed by atoms with van der Waals surface area (Å²) >= 11 is 0. The van der Waals surface area contributed by atoms with Crippen molar-refractivity contribution >= 4 is 0 Å². The van der Waals surface area contributed by atoms with Crippen molar-refractivity contribution in [1.29, 1.82) is 0 Å². The van der Waals surface area contributed by atoms with Gasteiger partial charge in [0.05, 0.1) is 0 Å². The number of fused-ring (bicyclic) bond motifs is 1. The van der Waals surface area contributed by atoms with E-state index in [1.54, 1.807) is 6.07 Å². The molecule has 1 aromatic carbocycles.